The molecule has 1 atom stereocenters. The van der Waals surface area contributed by atoms with Gasteiger partial charge in [0.05, 0.1) is 17.6 Å². The zero-order valence-corrected chi connectivity index (χ0v) is 26.3. The van der Waals surface area contributed by atoms with E-state index in [9.17, 15) is 23.7 Å². The molecule has 0 heterocycles. The molecule has 0 aromatic heterocycles. The van der Waals surface area contributed by atoms with E-state index in [0.29, 0.717) is 28.1 Å². The quantitative estimate of drug-likeness (QED) is 0.107. The second-order valence-electron chi connectivity index (χ2n) is 11.2. The zero-order chi connectivity index (χ0) is 31.1. The van der Waals surface area contributed by atoms with Gasteiger partial charge >= 0.3 is 0 Å². The van der Waals surface area contributed by atoms with Crippen LogP contribution in [0, 0.1) is 0 Å². The van der Waals surface area contributed by atoms with Gasteiger partial charge in [0.1, 0.15) is 5.75 Å². The number of hydrogen-bond acceptors (Lipinski definition) is 7. The first-order valence-electron chi connectivity index (χ1n) is 15.3. The van der Waals surface area contributed by atoms with Crippen molar-refractivity contribution in [1.82, 2.24) is 10.0 Å². The van der Waals surface area contributed by atoms with Crippen molar-refractivity contribution in [2.24, 2.45) is 0 Å². The van der Waals surface area contributed by atoms with Crippen LogP contribution in [0.2, 0.25) is 0 Å². The molecule has 5 N–H and O–H groups in total. The lowest BCUT2D eigenvalue weighted by atomic mass is 10.0. The van der Waals surface area contributed by atoms with Gasteiger partial charge in [0.25, 0.3) is 0 Å². The van der Waals surface area contributed by atoms with Crippen molar-refractivity contribution in [3.63, 3.8) is 0 Å². The summed E-state index contributed by atoms with van der Waals surface area (Å²) >= 11 is 0. The van der Waals surface area contributed by atoms with Gasteiger partial charge < -0.3 is 25.4 Å². The van der Waals surface area contributed by atoms with E-state index >= 15 is 0 Å². The van der Waals surface area contributed by atoms with Crippen LogP contribution in [0.15, 0.2) is 71.6 Å². The molecule has 0 radical (unpaired) electrons. The lowest BCUT2D eigenvalue weighted by Crippen LogP contribution is -2.30. The van der Waals surface area contributed by atoms with Crippen LogP contribution >= 0.6 is 0 Å². The first-order valence-corrected chi connectivity index (χ1v) is 16.8. The Morgan fingerprint density at radius 2 is 1.56 bits per heavy atom. The van der Waals surface area contributed by atoms with Gasteiger partial charge in [-0.05, 0) is 87.4 Å². The van der Waals surface area contributed by atoms with E-state index in [0.717, 1.165) is 70.3 Å². The van der Waals surface area contributed by atoms with Crippen LogP contribution in [-0.2, 0) is 27.8 Å². The summed E-state index contributed by atoms with van der Waals surface area (Å²) in [6.45, 7) is 6.14. The largest absolute Gasteiger partial charge is 0.508 e. The Kier molecular flexibility index (Phi) is 14.6. The van der Waals surface area contributed by atoms with Gasteiger partial charge in [-0.1, -0.05) is 61.4 Å². The van der Waals surface area contributed by atoms with Gasteiger partial charge in [-0.3, -0.25) is 0 Å². The summed E-state index contributed by atoms with van der Waals surface area (Å²) in [5, 5.41) is 32.5. The van der Waals surface area contributed by atoms with Gasteiger partial charge in [0.15, 0.2) is 0 Å². The average Bonchev–Trinajstić information content (AvgIpc) is 2.99. The molecule has 0 unspecified atom stereocenters. The van der Waals surface area contributed by atoms with E-state index in [2.05, 4.69) is 22.2 Å². The molecule has 0 aliphatic carbocycles. The highest BCUT2D eigenvalue weighted by Crippen LogP contribution is 2.28. The lowest BCUT2D eigenvalue weighted by Gasteiger charge is -2.14. The van der Waals surface area contributed by atoms with Crippen LogP contribution in [0.3, 0.4) is 0 Å². The van der Waals surface area contributed by atoms with Crippen molar-refractivity contribution in [3.8, 4) is 16.9 Å². The van der Waals surface area contributed by atoms with Crippen LogP contribution < -0.4 is 10.0 Å². The number of unbranched alkanes of at least 4 members (excludes halogenated alkanes) is 4. The van der Waals surface area contributed by atoms with E-state index in [1.807, 2.05) is 38.1 Å². The first-order chi connectivity index (χ1) is 20.7. The zero-order valence-electron chi connectivity index (χ0n) is 25.5. The summed E-state index contributed by atoms with van der Waals surface area (Å²) in [6.07, 6.45) is 6.56. The highest BCUT2D eigenvalue weighted by molar-refractivity contribution is 7.89. The molecule has 0 amide bonds. The third kappa shape index (κ3) is 11.7. The fourth-order valence-corrected chi connectivity index (χ4v) is 6.38. The number of benzene rings is 3. The van der Waals surface area contributed by atoms with Gasteiger partial charge in [-0.25, -0.2) is 13.1 Å². The van der Waals surface area contributed by atoms with E-state index in [1.54, 1.807) is 24.3 Å². The maximum Gasteiger partial charge on any atom is 0.241 e. The van der Waals surface area contributed by atoms with Gasteiger partial charge in [0.2, 0.25) is 10.0 Å². The van der Waals surface area contributed by atoms with E-state index in [1.165, 1.54) is 11.6 Å². The summed E-state index contributed by atoms with van der Waals surface area (Å²) in [6, 6.07) is 19.9. The molecule has 0 bridgehead atoms. The predicted octanol–water partition coefficient (Wildman–Crippen LogP) is 5.46. The molecular weight excluding hydrogens is 564 g/mol. The molecule has 0 saturated heterocycles. The molecule has 236 valence electrons. The topological polar surface area (TPSA) is 128 Å². The Labute approximate surface area is 257 Å². The van der Waals surface area contributed by atoms with Crippen molar-refractivity contribution in [1.29, 1.82) is 0 Å². The first kappa shape index (κ1) is 34.7. The molecule has 3 rings (SSSR count). The Hall–Kier alpha value is -2.79. The summed E-state index contributed by atoms with van der Waals surface area (Å²) in [5.74, 6) is 0.0357. The van der Waals surface area contributed by atoms with E-state index in [4.69, 9.17) is 4.74 Å². The Morgan fingerprint density at radius 3 is 2.28 bits per heavy atom. The van der Waals surface area contributed by atoms with Crippen molar-refractivity contribution >= 4 is 10.0 Å². The van der Waals surface area contributed by atoms with E-state index in [-0.39, 0.29) is 18.4 Å². The second kappa shape index (κ2) is 18.1. The minimum Gasteiger partial charge on any atom is -0.508 e. The summed E-state index contributed by atoms with van der Waals surface area (Å²) in [4.78, 5) is 0.297. The Balaban J connectivity index is 1.23. The molecule has 0 saturated carbocycles. The number of aryl methyl sites for hydroxylation is 1. The molecule has 0 fully saturated rings. The maximum atomic E-state index is 12.8. The van der Waals surface area contributed by atoms with Gasteiger partial charge in [-0.15, -0.1) is 0 Å². The van der Waals surface area contributed by atoms with Crippen molar-refractivity contribution in [3.05, 3.63) is 83.4 Å². The van der Waals surface area contributed by atoms with Crippen molar-refractivity contribution in [2.75, 3.05) is 26.3 Å². The molecule has 43 heavy (non-hydrogen) atoms. The van der Waals surface area contributed by atoms with Crippen molar-refractivity contribution in [2.45, 2.75) is 82.4 Å². The Bertz CT molecular complexity index is 1350. The minimum absolute atomic E-state index is 0.0357. The SMILES string of the molecule is CC(C)NS(=O)(=O)c1ccccc1-c1ccc(CCCCOCCCCCCNC[C@H](O)c2ccc(O)c(CO)c2)cc1. The molecule has 8 nitrogen and oxygen atoms in total. The fourth-order valence-electron chi connectivity index (χ4n) is 4.90. The number of rotatable bonds is 20. The average molecular weight is 613 g/mol. The number of nitrogens with one attached hydrogen (secondary N) is 2. The monoisotopic (exact) mass is 612 g/mol. The normalized spacial score (nSPS) is 12.6. The standard InChI is InChI=1S/C34H48N2O6S/c1-26(2)36-43(40,41)34-13-6-5-12-31(34)28-16-14-27(15-17-28)11-7-10-22-42-21-9-4-3-8-20-35-24-33(39)29-18-19-32(38)30(23-29)25-37/h5-6,12-19,23,26,33,35-39H,3-4,7-11,20-22,24-25H2,1-2H3/t33-/m0/s1. The molecule has 3 aromatic carbocycles. The third-order valence-corrected chi connectivity index (χ3v) is 8.94. The summed E-state index contributed by atoms with van der Waals surface area (Å²) < 4.78 is 34.1. The minimum atomic E-state index is -3.58. The predicted molar refractivity (Wildman–Crippen MR) is 171 cm³/mol. The number of sulfonamides is 1. The van der Waals surface area contributed by atoms with Crippen molar-refractivity contribution < 1.29 is 28.5 Å². The smallest absolute Gasteiger partial charge is 0.241 e. The molecule has 0 aliphatic heterocycles. The van der Waals surface area contributed by atoms with E-state index < -0.39 is 16.1 Å². The van der Waals surface area contributed by atoms with Gasteiger partial charge in [-0.2, -0.15) is 0 Å². The highest BCUT2D eigenvalue weighted by atomic mass is 32.2. The Morgan fingerprint density at radius 1 is 0.860 bits per heavy atom. The molecular formula is C34H48N2O6S. The van der Waals surface area contributed by atoms with Crippen LogP contribution in [0.1, 0.15) is 75.2 Å². The number of hydrogen-bond donors (Lipinski definition) is 5. The summed E-state index contributed by atoms with van der Waals surface area (Å²) in [5.41, 5.74) is 3.91. The van der Waals surface area contributed by atoms with Crippen LogP contribution in [0.5, 0.6) is 5.75 Å². The lowest BCUT2D eigenvalue weighted by molar-refractivity contribution is 0.126. The van der Waals surface area contributed by atoms with Crippen LogP contribution in [0.4, 0.5) is 0 Å². The third-order valence-electron chi connectivity index (χ3n) is 7.23. The van der Waals surface area contributed by atoms with Crippen LogP contribution in [0.25, 0.3) is 11.1 Å². The van der Waals surface area contributed by atoms with Crippen LogP contribution in [-0.4, -0.2) is 56.1 Å². The van der Waals surface area contributed by atoms with Gasteiger partial charge in [0, 0.05) is 36.9 Å². The molecule has 0 aliphatic rings. The molecule has 0 spiro atoms. The second-order valence-corrected chi connectivity index (χ2v) is 12.9. The maximum absolute atomic E-state index is 12.8. The number of aromatic hydroxyl groups is 1. The highest BCUT2D eigenvalue weighted by Gasteiger charge is 2.19. The fraction of sp³-hybridized carbons (Fsp3) is 0.471. The number of aliphatic hydroxyl groups excluding tert-OH is 2. The molecule has 9 heteroatoms. The number of aliphatic hydroxyl groups is 2. The number of ether oxygens (including phenoxy) is 1. The summed E-state index contributed by atoms with van der Waals surface area (Å²) in [7, 11) is -3.58. The number of phenols is 1. The molecule has 3 aromatic rings.